The summed E-state index contributed by atoms with van der Waals surface area (Å²) in [6.07, 6.45) is 0. The summed E-state index contributed by atoms with van der Waals surface area (Å²) in [4.78, 5) is 8.44. The van der Waals surface area contributed by atoms with E-state index in [4.69, 9.17) is 18.8 Å². The van der Waals surface area contributed by atoms with Crippen LogP contribution in [0.25, 0.3) is 15.7 Å². The quantitative estimate of drug-likeness (QED) is 0.180. The maximum atomic E-state index is 7.59. The lowest BCUT2D eigenvalue weighted by Gasteiger charge is -2.34. The molecule has 173 valence electrons. The third kappa shape index (κ3) is 4.46. The average molecular weight is 500 g/mol. The second kappa shape index (κ2) is 10.5. The Hall–Kier alpha value is -3.71. The van der Waals surface area contributed by atoms with Crippen molar-refractivity contribution >= 4 is 56.4 Å². The highest BCUT2D eigenvalue weighted by molar-refractivity contribution is 7.08. The van der Waals surface area contributed by atoms with Crippen LogP contribution in [-0.2, 0) is 3.48 Å². The van der Waals surface area contributed by atoms with Crippen LogP contribution in [0.1, 0.15) is 11.3 Å². The SMILES string of the molecule is [C-]#[N+]c1ccc([O][Al][O][Si](c2ccccc2)(c2ccccc2)c2ccccc2)c2nc(C)cc(C)c12. The fourth-order valence-corrected chi connectivity index (χ4v) is 10.4. The third-order valence-corrected chi connectivity index (χ3v) is 11.9. The van der Waals surface area contributed by atoms with E-state index in [1.807, 2.05) is 50.2 Å². The fraction of sp³-hybridized carbons (Fsp3) is 0.0667. The Kier molecular flexibility index (Phi) is 7.00. The molecule has 0 amide bonds. The van der Waals surface area contributed by atoms with E-state index in [1.165, 1.54) is 0 Å². The highest BCUT2D eigenvalue weighted by Gasteiger charge is 2.42. The molecule has 4 aromatic carbocycles. The lowest BCUT2D eigenvalue weighted by Crippen LogP contribution is -2.70. The Bertz CT molecular complexity index is 1440. The molecule has 0 atom stereocenters. The van der Waals surface area contributed by atoms with Crippen LogP contribution in [0.3, 0.4) is 0 Å². The summed E-state index contributed by atoms with van der Waals surface area (Å²) < 4.78 is 13.3. The zero-order chi connectivity index (χ0) is 25.0. The molecule has 0 aliphatic rings. The first kappa shape index (κ1) is 24.0. The molecule has 36 heavy (non-hydrogen) atoms. The number of aryl methyl sites for hydroxylation is 2. The lowest BCUT2D eigenvalue weighted by atomic mass is 10.1. The van der Waals surface area contributed by atoms with Crippen molar-refractivity contribution in [3.63, 3.8) is 0 Å². The molecule has 0 unspecified atom stereocenters. The minimum absolute atomic E-state index is 0.583. The van der Waals surface area contributed by atoms with E-state index in [1.54, 1.807) is 0 Å². The molecule has 0 aliphatic heterocycles. The van der Waals surface area contributed by atoms with Gasteiger partial charge in [-0.2, -0.15) is 0 Å². The molecule has 1 radical (unpaired) electrons. The van der Waals surface area contributed by atoms with Crippen LogP contribution in [0.5, 0.6) is 5.75 Å². The van der Waals surface area contributed by atoms with Gasteiger partial charge in [-0.25, -0.2) is 4.85 Å². The van der Waals surface area contributed by atoms with Gasteiger partial charge in [-0.3, -0.25) is 4.98 Å². The van der Waals surface area contributed by atoms with Gasteiger partial charge in [0.25, 0.3) is 8.32 Å². The summed E-state index contributed by atoms with van der Waals surface area (Å²) in [5, 5.41) is 4.33. The molecule has 1 aromatic heterocycles. The normalized spacial score (nSPS) is 11.1. The zero-order valence-electron chi connectivity index (χ0n) is 20.2. The first-order valence-corrected chi connectivity index (χ1v) is 14.6. The van der Waals surface area contributed by atoms with Crippen molar-refractivity contribution in [1.82, 2.24) is 4.98 Å². The molecule has 0 N–H and O–H groups in total. The smallest absolute Gasteiger partial charge is 0.625 e. The van der Waals surface area contributed by atoms with Crippen molar-refractivity contribution in [3.8, 4) is 5.75 Å². The standard InChI is InChI=1S/C18H15OSi.C12H10N2O.Al/c19-20(16-10-4-1-5-11-16,17-12-6-2-7-13-17)18-14-8-3-9-15-18;1-7-6-8(2)14-12-10(15)5-4-9(13-3)11(7)12;/h1-15H;4-6,15H,1-2H3;/q-1;;+2/p-1. The highest BCUT2D eigenvalue weighted by atomic mass is 28.4. The molecule has 4 nitrogen and oxygen atoms in total. The molecular weight excluding hydrogens is 475 g/mol. The van der Waals surface area contributed by atoms with Crippen LogP contribution in [0.15, 0.2) is 109 Å². The number of rotatable bonds is 7. The summed E-state index contributed by atoms with van der Waals surface area (Å²) in [6.45, 7) is 11.6. The van der Waals surface area contributed by atoms with Gasteiger partial charge in [0.05, 0.1) is 12.1 Å². The van der Waals surface area contributed by atoms with Gasteiger partial charge in [0.1, 0.15) is 5.75 Å². The summed E-state index contributed by atoms with van der Waals surface area (Å²) in [5.41, 5.74) is 3.21. The van der Waals surface area contributed by atoms with Crippen molar-refractivity contribution in [2.45, 2.75) is 13.8 Å². The highest BCUT2D eigenvalue weighted by Crippen LogP contribution is 2.34. The van der Waals surface area contributed by atoms with Crippen molar-refractivity contribution in [1.29, 1.82) is 0 Å². The van der Waals surface area contributed by atoms with E-state index in [9.17, 15) is 0 Å². The minimum atomic E-state index is -2.84. The first-order valence-electron chi connectivity index (χ1n) is 11.7. The number of fused-ring (bicyclic) bond motifs is 1. The van der Waals surface area contributed by atoms with Crippen molar-refractivity contribution < 1.29 is 7.27 Å². The van der Waals surface area contributed by atoms with Crippen molar-refractivity contribution in [3.05, 3.63) is 132 Å². The van der Waals surface area contributed by atoms with Crippen LogP contribution in [0.4, 0.5) is 5.69 Å². The summed E-state index contributed by atoms with van der Waals surface area (Å²) in [7, 11) is -2.84. The van der Waals surface area contributed by atoms with E-state index < -0.39 is 24.2 Å². The van der Waals surface area contributed by atoms with E-state index >= 15 is 0 Å². The lowest BCUT2D eigenvalue weighted by molar-refractivity contribution is 0.469. The molecule has 0 saturated heterocycles. The number of hydrogen-bond acceptors (Lipinski definition) is 3. The number of hydrogen-bond donors (Lipinski definition) is 0. The molecular formula is C30H24AlN2O2Si. The molecule has 1 heterocycles. The van der Waals surface area contributed by atoms with E-state index in [-0.39, 0.29) is 0 Å². The van der Waals surface area contributed by atoms with Gasteiger partial charge < -0.3 is 7.27 Å². The van der Waals surface area contributed by atoms with Crippen LogP contribution in [0.2, 0.25) is 0 Å². The average Bonchev–Trinajstić information content (AvgIpc) is 2.92. The molecule has 5 aromatic rings. The first-order chi connectivity index (χ1) is 17.6. The summed E-state index contributed by atoms with van der Waals surface area (Å²) in [6, 6.07) is 37.0. The number of aromatic nitrogens is 1. The van der Waals surface area contributed by atoms with E-state index in [0.717, 1.165) is 32.2 Å². The maximum Gasteiger partial charge on any atom is 0.763 e. The zero-order valence-corrected chi connectivity index (χ0v) is 22.3. The van der Waals surface area contributed by atoms with E-state index in [2.05, 4.69) is 77.6 Å². The molecule has 6 heteroatoms. The molecule has 0 fully saturated rings. The Balaban J connectivity index is 1.59. The van der Waals surface area contributed by atoms with Gasteiger partial charge in [-0.15, -0.1) is 0 Å². The Morgan fingerprint density at radius 3 is 1.78 bits per heavy atom. The van der Waals surface area contributed by atoms with Gasteiger partial charge in [-0.05, 0) is 41.5 Å². The summed E-state index contributed by atoms with van der Waals surface area (Å²) in [5.74, 6) is 0.649. The predicted octanol–water partition coefficient (Wildman–Crippen LogP) is 5.00. The van der Waals surface area contributed by atoms with Crippen molar-refractivity contribution in [2.24, 2.45) is 0 Å². The maximum absolute atomic E-state index is 7.59. The van der Waals surface area contributed by atoms with Gasteiger partial charge in [0.15, 0.2) is 5.69 Å². The third-order valence-electron chi connectivity index (χ3n) is 6.29. The molecule has 0 spiro atoms. The van der Waals surface area contributed by atoms with Gasteiger partial charge in [0.2, 0.25) is 0 Å². The second-order valence-corrected chi connectivity index (χ2v) is 13.1. The topological polar surface area (TPSA) is 35.7 Å². The number of pyridine rings is 1. The molecule has 0 aliphatic carbocycles. The Labute approximate surface area is 219 Å². The van der Waals surface area contributed by atoms with Crippen molar-refractivity contribution in [2.75, 3.05) is 0 Å². The van der Waals surface area contributed by atoms with E-state index in [0.29, 0.717) is 17.0 Å². The van der Waals surface area contributed by atoms with Gasteiger partial charge in [0, 0.05) is 11.1 Å². The van der Waals surface area contributed by atoms with Crippen LogP contribution in [-0.4, -0.2) is 29.2 Å². The van der Waals surface area contributed by atoms with Crippen LogP contribution >= 0.6 is 0 Å². The molecule has 0 bridgehead atoms. The molecule has 5 rings (SSSR count). The molecule has 0 saturated carbocycles. The number of benzene rings is 4. The van der Waals surface area contributed by atoms with Crippen LogP contribution in [0, 0.1) is 20.4 Å². The largest absolute Gasteiger partial charge is 0.763 e. The van der Waals surface area contributed by atoms with Gasteiger partial charge in [-0.1, -0.05) is 103 Å². The summed E-state index contributed by atoms with van der Waals surface area (Å²) >= 11 is -0.887. The number of nitrogens with zero attached hydrogens (tertiary/aromatic N) is 2. The second-order valence-electron chi connectivity index (χ2n) is 8.61. The van der Waals surface area contributed by atoms with Gasteiger partial charge >= 0.3 is 15.9 Å². The van der Waals surface area contributed by atoms with Crippen LogP contribution < -0.4 is 19.3 Å². The minimum Gasteiger partial charge on any atom is -0.625 e. The fourth-order valence-electron chi connectivity index (χ4n) is 4.71. The monoisotopic (exact) mass is 499 g/mol. The predicted molar refractivity (Wildman–Crippen MR) is 149 cm³/mol. The Morgan fingerprint density at radius 2 is 1.28 bits per heavy atom. The Morgan fingerprint density at radius 1 is 0.750 bits per heavy atom.